The van der Waals surface area contributed by atoms with Crippen molar-refractivity contribution in [3.63, 3.8) is 0 Å². The van der Waals surface area contributed by atoms with Gasteiger partial charge in [0.2, 0.25) is 5.91 Å². The van der Waals surface area contributed by atoms with Gasteiger partial charge < -0.3 is 14.4 Å². The Kier molecular flexibility index (Phi) is 7.40. The highest BCUT2D eigenvalue weighted by atomic mass is 35.5. The van der Waals surface area contributed by atoms with Gasteiger partial charge in [0.05, 0.1) is 6.04 Å². The van der Waals surface area contributed by atoms with Crippen LogP contribution in [-0.2, 0) is 29.6 Å². The van der Waals surface area contributed by atoms with Crippen LogP contribution in [0.4, 0.5) is 13.6 Å². The monoisotopic (exact) mass is 525 g/mol. The predicted octanol–water partition coefficient (Wildman–Crippen LogP) is 4.44. The quantitative estimate of drug-likeness (QED) is 0.554. The topological polar surface area (TPSA) is 89.8 Å². The van der Waals surface area contributed by atoms with Crippen LogP contribution in [0.1, 0.15) is 68.6 Å². The van der Waals surface area contributed by atoms with Gasteiger partial charge in [-0.3, -0.25) is 9.69 Å². The fraction of sp³-hybridized carbons (Fsp3) is 0.583. The maximum Gasteiger partial charge on any atom is 0.410 e. The van der Waals surface area contributed by atoms with E-state index in [0.717, 1.165) is 16.7 Å². The van der Waals surface area contributed by atoms with Crippen LogP contribution in [0.3, 0.4) is 0 Å². The number of ether oxygens (including phenoxy) is 2. The van der Waals surface area contributed by atoms with Crippen LogP contribution in [0, 0.1) is 0 Å². The average Bonchev–Trinajstić information content (AvgIpc) is 3.37. The Hall–Kier alpha value is -2.95. The van der Waals surface area contributed by atoms with Gasteiger partial charge in [-0.1, -0.05) is 16.8 Å². The Balaban J connectivity index is 1.71. The molecule has 2 aliphatic rings. The average molecular weight is 526 g/mol. The fourth-order valence-electron chi connectivity index (χ4n) is 4.66. The molecule has 1 aromatic carbocycles. The van der Waals surface area contributed by atoms with Crippen molar-refractivity contribution in [3.8, 4) is 5.75 Å². The summed E-state index contributed by atoms with van der Waals surface area (Å²) in [5.74, 6) is 0.391. The molecule has 0 bridgehead atoms. The van der Waals surface area contributed by atoms with Crippen molar-refractivity contribution >= 4 is 23.6 Å². The molecule has 0 radical (unpaired) electrons. The number of fused-ring (bicyclic) bond motifs is 1. The number of aromatic nitrogens is 3. The minimum atomic E-state index is -2.76. The molecule has 0 N–H and O–H groups in total. The molecule has 196 valence electrons. The number of benzene rings is 1. The molecule has 0 saturated carbocycles. The third-order valence-electron chi connectivity index (χ3n) is 6.28. The Morgan fingerprint density at radius 3 is 2.64 bits per heavy atom. The minimum Gasteiger partial charge on any atom is -0.487 e. The van der Waals surface area contributed by atoms with Crippen LogP contribution in [0.2, 0.25) is 5.02 Å². The first-order valence-corrected chi connectivity index (χ1v) is 12.2. The number of carbonyl (C=O) groups excluding carboxylic acids is 2. The zero-order valence-electron chi connectivity index (χ0n) is 20.8. The van der Waals surface area contributed by atoms with E-state index < -0.39 is 24.2 Å². The minimum absolute atomic E-state index is 0.0110. The van der Waals surface area contributed by atoms with Crippen molar-refractivity contribution in [1.82, 2.24) is 24.8 Å². The van der Waals surface area contributed by atoms with Gasteiger partial charge in [-0.25, -0.2) is 18.3 Å². The van der Waals surface area contributed by atoms with Gasteiger partial charge in [0.15, 0.2) is 0 Å². The van der Waals surface area contributed by atoms with E-state index in [0.29, 0.717) is 42.3 Å². The molecule has 2 amide bonds. The zero-order chi connectivity index (χ0) is 26.2. The van der Waals surface area contributed by atoms with Crippen molar-refractivity contribution in [2.75, 3.05) is 19.6 Å². The van der Waals surface area contributed by atoms with Crippen LogP contribution < -0.4 is 4.74 Å². The number of carbonyl (C=O) groups is 2. The highest BCUT2D eigenvalue weighted by molar-refractivity contribution is 6.31. The third-order valence-corrected chi connectivity index (χ3v) is 6.63. The van der Waals surface area contributed by atoms with E-state index in [1.807, 2.05) is 0 Å². The first-order chi connectivity index (χ1) is 17.0. The Morgan fingerprint density at radius 2 is 2.00 bits per heavy atom. The summed E-state index contributed by atoms with van der Waals surface area (Å²) in [5, 5.41) is 8.01. The molecular formula is C24H30ClF2N5O4. The van der Waals surface area contributed by atoms with Crippen molar-refractivity contribution in [3.05, 3.63) is 39.7 Å². The second-order valence-corrected chi connectivity index (χ2v) is 10.4. The molecule has 2 aromatic rings. The maximum absolute atomic E-state index is 13.5. The van der Waals surface area contributed by atoms with Crippen LogP contribution in [-0.4, -0.2) is 62.0 Å². The Morgan fingerprint density at radius 1 is 1.25 bits per heavy atom. The molecule has 36 heavy (non-hydrogen) atoms. The summed E-state index contributed by atoms with van der Waals surface area (Å²) in [7, 11) is 1.39. The van der Waals surface area contributed by atoms with E-state index in [1.54, 1.807) is 42.7 Å². The first kappa shape index (κ1) is 26.1. The van der Waals surface area contributed by atoms with E-state index in [9.17, 15) is 18.4 Å². The summed E-state index contributed by atoms with van der Waals surface area (Å²) < 4.78 is 39.7. The zero-order valence-corrected chi connectivity index (χ0v) is 21.5. The van der Waals surface area contributed by atoms with Gasteiger partial charge in [0, 0.05) is 43.7 Å². The van der Waals surface area contributed by atoms with Gasteiger partial charge in [-0.2, -0.15) is 0 Å². The molecule has 12 heteroatoms. The fourth-order valence-corrected chi connectivity index (χ4v) is 4.92. The molecule has 0 unspecified atom stereocenters. The molecule has 1 aromatic heterocycles. The summed E-state index contributed by atoms with van der Waals surface area (Å²) >= 11 is 6.55. The van der Waals surface area contributed by atoms with Crippen LogP contribution in [0.15, 0.2) is 12.1 Å². The number of hydrogen-bond acceptors (Lipinski definition) is 6. The number of nitrogens with zero attached hydrogens (tertiary/aromatic N) is 5. The smallest absolute Gasteiger partial charge is 0.410 e. The van der Waals surface area contributed by atoms with E-state index in [1.165, 1.54) is 7.05 Å². The number of rotatable bonds is 6. The van der Waals surface area contributed by atoms with Crippen molar-refractivity contribution < 1.29 is 27.8 Å². The summed E-state index contributed by atoms with van der Waals surface area (Å²) in [5.41, 5.74) is 0.409. The lowest BCUT2D eigenvalue weighted by Crippen LogP contribution is -2.47. The number of halogens is 3. The molecular weight excluding hydrogens is 496 g/mol. The van der Waals surface area contributed by atoms with Crippen molar-refractivity contribution in [1.29, 1.82) is 0 Å². The number of alkyl halides is 2. The van der Waals surface area contributed by atoms with Gasteiger partial charge in [-0.05, 0) is 51.3 Å². The second-order valence-electron chi connectivity index (χ2n) is 9.95. The molecule has 3 heterocycles. The number of aryl methyl sites for hydroxylation is 1. The van der Waals surface area contributed by atoms with E-state index in [-0.39, 0.29) is 30.4 Å². The molecule has 4 rings (SSSR count). The van der Waals surface area contributed by atoms with Crippen LogP contribution >= 0.6 is 11.6 Å². The van der Waals surface area contributed by atoms with Gasteiger partial charge in [-0.15, -0.1) is 5.10 Å². The lowest BCUT2D eigenvalue weighted by molar-refractivity contribution is -0.128. The summed E-state index contributed by atoms with van der Waals surface area (Å²) in [4.78, 5) is 29.0. The lowest BCUT2D eigenvalue weighted by atomic mass is 9.91. The molecule has 2 aliphatic heterocycles. The lowest BCUT2D eigenvalue weighted by Gasteiger charge is -2.40. The van der Waals surface area contributed by atoms with Gasteiger partial charge in [0.25, 0.3) is 6.43 Å². The van der Waals surface area contributed by atoms with Crippen LogP contribution in [0.25, 0.3) is 0 Å². The molecule has 1 fully saturated rings. The van der Waals surface area contributed by atoms with E-state index >= 15 is 0 Å². The molecule has 0 spiro atoms. The highest BCUT2D eigenvalue weighted by Crippen LogP contribution is 2.42. The highest BCUT2D eigenvalue weighted by Gasteiger charge is 2.39. The van der Waals surface area contributed by atoms with Gasteiger partial charge >= 0.3 is 6.09 Å². The van der Waals surface area contributed by atoms with Crippen molar-refractivity contribution in [2.24, 2.45) is 7.05 Å². The number of amides is 2. The molecule has 1 atom stereocenters. The Bertz CT molecular complexity index is 1150. The number of likely N-dealkylation sites (tertiary alicyclic amines) is 1. The summed E-state index contributed by atoms with van der Waals surface area (Å²) in [6, 6.07) is 2.74. The summed E-state index contributed by atoms with van der Waals surface area (Å²) in [6.45, 7) is 6.29. The predicted molar refractivity (Wildman–Crippen MR) is 127 cm³/mol. The maximum atomic E-state index is 13.5. The van der Waals surface area contributed by atoms with E-state index in [4.69, 9.17) is 21.1 Å². The molecule has 1 saturated heterocycles. The van der Waals surface area contributed by atoms with Crippen LogP contribution in [0.5, 0.6) is 5.75 Å². The molecule has 0 aliphatic carbocycles. The molecule has 9 nitrogen and oxygen atoms in total. The third kappa shape index (κ3) is 5.40. The SMILES string of the molecule is Cn1nnc(COc2ccc(Cl)c3c2[C@@H](CN2CCCC2=O)N(C(=O)OC(C)(C)C)CC3)c1C(F)F. The van der Waals surface area contributed by atoms with Crippen molar-refractivity contribution in [2.45, 2.75) is 64.7 Å². The van der Waals surface area contributed by atoms with E-state index in [2.05, 4.69) is 10.3 Å². The largest absolute Gasteiger partial charge is 0.487 e. The number of hydrogen-bond donors (Lipinski definition) is 0. The summed E-state index contributed by atoms with van der Waals surface area (Å²) in [6.07, 6.45) is -1.63. The normalized spacial score (nSPS) is 18.1. The first-order valence-electron chi connectivity index (χ1n) is 11.8. The second kappa shape index (κ2) is 10.2. The Labute approximate surface area is 213 Å². The standard InChI is InChI=1S/C24H30ClF2N5O4/c1-24(2,3)36-23(34)32-11-9-14-15(25)7-8-18(20(14)17(32)12-31-10-5-6-19(31)33)35-13-16-21(22(26)27)30(4)29-28-16/h7-8,17,22H,5-6,9-13H2,1-4H3/t17-/m1/s1. The van der Waals surface area contributed by atoms with Gasteiger partial charge in [0.1, 0.15) is 29.3 Å².